The van der Waals surface area contributed by atoms with Gasteiger partial charge in [-0.2, -0.15) is 11.3 Å². The third kappa shape index (κ3) is 4.26. The van der Waals surface area contributed by atoms with Crippen molar-refractivity contribution in [3.05, 3.63) is 70.7 Å². The van der Waals surface area contributed by atoms with Crippen molar-refractivity contribution < 1.29 is 14.3 Å². The van der Waals surface area contributed by atoms with E-state index in [1.807, 2.05) is 29.2 Å². The molecule has 2 aromatic heterocycles. The molecule has 1 saturated heterocycles. The van der Waals surface area contributed by atoms with Crippen molar-refractivity contribution >= 4 is 22.9 Å². The molecule has 7 heteroatoms. The lowest BCUT2D eigenvalue weighted by atomic mass is 10.0. The number of pyridine rings is 1. The summed E-state index contributed by atoms with van der Waals surface area (Å²) in [6.07, 6.45) is 5.43. The van der Waals surface area contributed by atoms with Gasteiger partial charge in [-0.25, -0.2) is 0 Å². The number of amides is 1. The van der Waals surface area contributed by atoms with Crippen LogP contribution in [0, 0.1) is 0 Å². The minimum absolute atomic E-state index is 0.0403. The molecule has 0 aliphatic carbocycles. The first kappa shape index (κ1) is 20.2. The van der Waals surface area contributed by atoms with Crippen LogP contribution in [0.1, 0.15) is 36.1 Å². The lowest BCUT2D eigenvalue weighted by Crippen LogP contribution is -2.37. The number of carbonyl (C=O) groups is 1. The molecule has 0 saturated carbocycles. The predicted molar refractivity (Wildman–Crippen MR) is 118 cm³/mol. The average Bonchev–Trinajstić information content (AvgIpc) is 3.49. The van der Waals surface area contributed by atoms with Crippen LogP contribution >= 0.6 is 11.3 Å². The van der Waals surface area contributed by atoms with E-state index < -0.39 is 6.04 Å². The first-order chi connectivity index (χ1) is 14.7. The normalized spacial score (nSPS) is 16.9. The van der Waals surface area contributed by atoms with Gasteiger partial charge in [0.1, 0.15) is 17.5 Å². The average molecular weight is 424 g/mol. The highest BCUT2D eigenvalue weighted by molar-refractivity contribution is 7.08. The van der Waals surface area contributed by atoms with Crippen LogP contribution in [-0.2, 0) is 4.79 Å². The zero-order valence-corrected chi connectivity index (χ0v) is 17.9. The fourth-order valence-corrected chi connectivity index (χ4v) is 4.61. The molecule has 1 N–H and O–H groups in total. The van der Waals surface area contributed by atoms with E-state index in [4.69, 9.17) is 9.47 Å². The summed E-state index contributed by atoms with van der Waals surface area (Å²) in [6.45, 7) is 0.749. The predicted octanol–water partition coefficient (Wildman–Crippen LogP) is 4.68. The van der Waals surface area contributed by atoms with Crippen molar-refractivity contribution in [2.75, 3.05) is 26.1 Å². The number of likely N-dealkylation sites (tertiary alicyclic amines) is 1. The number of rotatable bonds is 7. The smallest absolute Gasteiger partial charge is 0.250 e. The fraction of sp³-hybridized carbons (Fsp3) is 0.304. The van der Waals surface area contributed by atoms with Crippen LogP contribution in [-0.4, -0.2) is 36.6 Å². The lowest BCUT2D eigenvalue weighted by Gasteiger charge is -2.30. The molecule has 3 heterocycles. The van der Waals surface area contributed by atoms with Gasteiger partial charge >= 0.3 is 0 Å². The second-order valence-corrected chi connectivity index (χ2v) is 7.99. The van der Waals surface area contributed by atoms with Gasteiger partial charge in [0.05, 0.1) is 20.3 Å². The standard InChI is InChI=1S/C23H25N3O3S/c1-28-19-11-18(12-20(13-19)29-2)25-22(16-5-3-8-24-14-16)23(27)26-9-4-6-21(26)17-7-10-30-15-17/h3,5,7-8,10-15,21-22,25H,4,6,9H2,1-2H3. The van der Waals surface area contributed by atoms with Crippen molar-refractivity contribution in [1.82, 2.24) is 9.88 Å². The molecular formula is C23H25N3O3S. The van der Waals surface area contributed by atoms with Gasteiger partial charge in [0.25, 0.3) is 0 Å². The fourth-order valence-electron chi connectivity index (χ4n) is 3.90. The van der Waals surface area contributed by atoms with E-state index in [1.165, 1.54) is 5.56 Å². The van der Waals surface area contributed by atoms with Crippen LogP contribution < -0.4 is 14.8 Å². The Kier molecular flexibility index (Phi) is 6.18. The molecule has 4 rings (SSSR count). The molecule has 2 unspecified atom stereocenters. The van der Waals surface area contributed by atoms with E-state index in [-0.39, 0.29) is 11.9 Å². The third-order valence-electron chi connectivity index (χ3n) is 5.39. The molecule has 1 aliphatic heterocycles. The van der Waals surface area contributed by atoms with Crippen LogP contribution in [0.3, 0.4) is 0 Å². The number of ether oxygens (including phenoxy) is 2. The number of nitrogens with one attached hydrogen (secondary N) is 1. The van der Waals surface area contributed by atoms with Gasteiger partial charge < -0.3 is 19.7 Å². The summed E-state index contributed by atoms with van der Waals surface area (Å²) in [5.41, 5.74) is 2.78. The number of aromatic nitrogens is 1. The summed E-state index contributed by atoms with van der Waals surface area (Å²) in [4.78, 5) is 20.0. The van der Waals surface area contributed by atoms with Crippen LogP contribution in [0.2, 0.25) is 0 Å². The minimum atomic E-state index is -0.560. The SMILES string of the molecule is COc1cc(NC(C(=O)N2CCCC2c2ccsc2)c2cccnc2)cc(OC)c1. The van der Waals surface area contributed by atoms with Crippen LogP contribution in [0.25, 0.3) is 0 Å². The highest BCUT2D eigenvalue weighted by Gasteiger charge is 2.35. The van der Waals surface area contributed by atoms with Crippen molar-refractivity contribution in [3.8, 4) is 11.5 Å². The number of carbonyl (C=O) groups excluding carboxylic acids is 1. The topological polar surface area (TPSA) is 63.7 Å². The Labute approximate surface area is 180 Å². The Morgan fingerprint density at radius 2 is 2.03 bits per heavy atom. The number of thiophene rings is 1. The van der Waals surface area contributed by atoms with Gasteiger partial charge in [0.2, 0.25) is 5.91 Å². The molecule has 1 fully saturated rings. The summed E-state index contributed by atoms with van der Waals surface area (Å²) in [5.74, 6) is 1.36. The zero-order valence-electron chi connectivity index (χ0n) is 17.1. The largest absolute Gasteiger partial charge is 0.497 e. The second-order valence-electron chi connectivity index (χ2n) is 7.21. The summed E-state index contributed by atoms with van der Waals surface area (Å²) in [7, 11) is 3.22. The van der Waals surface area contributed by atoms with E-state index in [9.17, 15) is 4.79 Å². The lowest BCUT2D eigenvalue weighted by molar-refractivity contribution is -0.133. The number of hydrogen-bond donors (Lipinski definition) is 1. The Hall–Kier alpha value is -3.06. The van der Waals surface area contributed by atoms with Crippen molar-refractivity contribution in [2.45, 2.75) is 24.9 Å². The van der Waals surface area contributed by atoms with Gasteiger partial charge in [-0.3, -0.25) is 9.78 Å². The number of hydrogen-bond acceptors (Lipinski definition) is 6. The second kappa shape index (κ2) is 9.17. The Morgan fingerprint density at radius 1 is 1.23 bits per heavy atom. The van der Waals surface area contributed by atoms with E-state index in [0.717, 1.165) is 30.6 Å². The first-order valence-corrected chi connectivity index (χ1v) is 10.9. The minimum Gasteiger partial charge on any atom is -0.497 e. The summed E-state index contributed by atoms with van der Waals surface area (Å²) < 4.78 is 10.8. The quantitative estimate of drug-likeness (QED) is 0.598. The third-order valence-corrected chi connectivity index (χ3v) is 6.09. The van der Waals surface area contributed by atoms with Gasteiger partial charge in [0, 0.05) is 48.4 Å². The van der Waals surface area contributed by atoms with Gasteiger partial charge in [0.15, 0.2) is 0 Å². The van der Waals surface area contributed by atoms with E-state index in [1.54, 1.807) is 44.0 Å². The molecular weight excluding hydrogens is 398 g/mol. The van der Waals surface area contributed by atoms with Crippen molar-refractivity contribution in [1.29, 1.82) is 0 Å². The first-order valence-electron chi connectivity index (χ1n) is 9.91. The molecule has 1 aromatic carbocycles. The molecule has 6 nitrogen and oxygen atoms in total. The highest BCUT2D eigenvalue weighted by Crippen LogP contribution is 2.36. The molecule has 30 heavy (non-hydrogen) atoms. The number of nitrogens with zero attached hydrogens (tertiary/aromatic N) is 2. The summed E-state index contributed by atoms with van der Waals surface area (Å²) >= 11 is 1.66. The Morgan fingerprint density at radius 3 is 2.67 bits per heavy atom. The monoisotopic (exact) mass is 423 g/mol. The zero-order chi connectivity index (χ0) is 20.9. The van der Waals surface area contributed by atoms with Crippen LogP contribution in [0.5, 0.6) is 11.5 Å². The number of benzene rings is 1. The van der Waals surface area contributed by atoms with Gasteiger partial charge in [-0.15, -0.1) is 0 Å². The molecule has 156 valence electrons. The molecule has 2 atom stereocenters. The van der Waals surface area contributed by atoms with Gasteiger partial charge in [-0.1, -0.05) is 6.07 Å². The molecule has 1 amide bonds. The maximum absolute atomic E-state index is 13.7. The Bertz CT molecular complexity index is 956. The Balaban J connectivity index is 1.66. The summed E-state index contributed by atoms with van der Waals surface area (Å²) in [6, 6.07) is 11.0. The molecule has 0 radical (unpaired) electrons. The maximum Gasteiger partial charge on any atom is 0.250 e. The van der Waals surface area contributed by atoms with Crippen molar-refractivity contribution in [3.63, 3.8) is 0 Å². The number of methoxy groups -OCH3 is 2. The molecule has 1 aliphatic rings. The highest BCUT2D eigenvalue weighted by atomic mass is 32.1. The van der Waals surface area contributed by atoms with E-state index in [2.05, 4.69) is 27.1 Å². The van der Waals surface area contributed by atoms with Crippen LogP contribution in [0.4, 0.5) is 5.69 Å². The molecule has 0 spiro atoms. The number of anilines is 1. The van der Waals surface area contributed by atoms with E-state index in [0.29, 0.717) is 11.5 Å². The van der Waals surface area contributed by atoms with Gasteiger partial charge in [-0.05, 0) is 41.3 Å². The summed E-state index contributed by atoms with van der Waals surface area (Å²) in [5, 5.41) is 7.60. The maximum atomic E-state index is 13.7. The van der Waals surface area contributed by atoms with E-state index >= 15 is 0 Å². The van der Waals surface area contributed by atoms with Crippen LogP contribution in [0.15, 0.2) is 59.6 Å². The molecule has 0 bridgehead atoms. The molecule has 3 aromatic rings. The van der Waals surface area contributed by atoms with Crippen molar-refractivity contribution in [2.24, 2.45) is 0 Å².